The smallest absolute Gasteiger partial charge is 0.275 e. The summed E-state index contributed by atoms with van der Waals surface area (Å²) in [5.41, 5.74) is 0. The lowest BCUT2D eigenvalue weighted by Crippen LogP contribution is -2.66. The van der Waals surface area contributed by atoms with Gasteiger partial charge in [-0.05, 0) is 40.5 Å². The first-order chi connectivity index (χ1) is 13.1. The zero-order chi connectivity index (χ0) is 19.9. The first-order valence-corrected chi connectivity index (χ1v) is 11.1. The van der Waals surface area contributed by atoms with E-state index >= 15 is 0 Å². The van der Waals surface area contributed by atoms with E-state index < -0.39 is 5.91 Å². The number of nitrogens with zero attached hydrogens (tertiary/aromatic N) is 6. The maximum atomic E-state index is 5.29. The van der Waals surface area contributed by atoms with Gasteiger partial charge in [0.25, 0.3) is 5.91 Å². The van der Waals surface area contributed by atoms with Gasteiger partial charge in [0.1, 0.15) is 0 Å². The minimum absolute atomic E-state index is 0.634. The number of piperidine rings is 1. The van der Waals surface area contributed by atoms with Crippen molar-refractivity contribution < 1.29 is 0 Å². The van der Waals surface area contributed by atoms with Crippen molar-refractivity contribution in [3.8, 4) is 0 Å². The summed E-state index contributed by atoms with van der Waals surface area (Å²) >= 11 is 0. The molecule has 0 bridgehead atoms. The van der Waals surface area contributed by atoms with Crippen molar-refractivity contribution in [2.24, 2.45) is 9.98 Å². The van der Waals surface area contributed by atoms with Gasteiger partial charge in [-0.15, -0.1) is 0 Å². The van der Waals surface area contributed by atoms with Crippen LogP contribution >= 0.6 is 0 Å². The average Bonchev–Trinajstić information content (AvgIpc) is 2.71. The zero-order valence-electron chi connectivity index (χ0n) is 18.5. The Balaban J connectivity index is 2.59. The van der Waals surface area contributed by atoms with E-state index in [1.165, 1.54) is 19.3 Å². The molecule has 0 aromatic carbocycles. The van der Waals surface area contributed by atoms with E-state index in [0.717, 1.165) is 64.3 Å². The predicted molar refractivity (Wildman–Crippen MR) is 115 cm³/mol. The molecule has 156 valence electrons. The molecule has 1 N–H and O–H groups in total. The molecule has 0 amide bonds. The van der Waals surface area contributed by atoms with Crippen LogP contribution in [-0.2, 0) is 0 Å². The van der Waals surface area contributed by atoms with Gasteiger partial charge in [-0.1, -0.05) is 20.3 Å². The topological polar surface area (TPSA) is 49.7 Å². The summed E-state index contributed by atoms with van der Waals surface area (Å²) in [4.78, 5) is 20.1. The highest BCUT2D eigenvalue weighted by molar-refractivity contribution is 6.00. The van der Waals surface area contributed by atoms with Gasteiger partial charge >= 0.3 is 0 Å². The van der Waals surface area contributed by atoms with E-state index in [9.17, 15) is 0 Å². The van der Waals surface area contributed by atoms with E-state index in [1.54, 1.807) is 0 Å². The van der Waals surface area contributed by atoms with Crippen LogP contribution in [0.4, 0.5) is 0 Å². The molecule has 7 heteroatoms. The summed E-state index contributed by atoms with van der Waals surface area (Å²) < 4.78 is 0. The Bertz CT molecular complexity index is 470. The van der Waals surface area contributed by atoms with Crippen LogP contribution in [0, 0.1) is 0 Å². The highest BCUT2D eigenvalue weighted by Crippen LogP contribution is 2.30. The normalized spacial score (nSPS) is 20.1. The predicted octanol–water partition coefficient (Wildman–Crippen LogP) is 2.42. The zero-order valence-corrected chi connectivity index (χ0v) is 18.5. The number of guanidine groups is 2. The van der Waals surface area contributed by atoms with Crippen molar-refractivity contribution in [3.63, 3.8) is 0 Å². The number of rotatable bonds is 8. The number of nitrogens with one attached hydrogen (secondary N) is 1. The summed E-state index contributed by atoms with van der Waals surface area (Å²) in [5.74, 6) is 1.27. The molecule has 0 radical (unpaired) electrons. The fourth-order valence-electron chi connectivity index (χ4n) is 4.14. The largest absolute Gasteiger partial charge is 0.343 e. The van der Waals surface area contributed by atoms with Crippen molar-refractivity contribution in [3.05, 3.63) is 0 Å². The summed E-state index contributed by atoms with van der Waals surface area (Å²) in [7, 11) is 0. The summed E-state index contributed by atoms with van der Waals surface area (Å²) in [6.45, 7) is 20.9. The molecular formula is C20H41N7. The SMILES string of the molecule is CCN(CC)C1=NC(N(CC)CC)(N2CCCCC2)N=C(N(CC)CC)N1. The molecule has 1 fully saturated rings. The molecule has 7 nitrogen and oxygen atoms in total. The molecule has 0 atom stereocenters. The third-order valence-electron chi connectivity index (χ3n) is 5.83. The third kappa shape index (κ3) is 4.57. The molecule has 0 aliphatic carbocycles. The van der Waals surface area contributed by atoms with Gasteiger partial charge in [-0.3, -0.25) is 5.32 Å². The Hall–Kier alpha value is -1.34. The highest BCUT2D eigenvalue weighted by Gasteiger charge is 2.45. The summed E-state index contributed by atoms with van der Waals surface area (Å²) in [6, 6.07) is 0. The quantitative estimate of drug-likeness (QED) is 0.702. The standard InChI is InChI=1S/C20H41N7/c1-7-24(8-2)18-21-19(25(9-3)10-4)23-20(22-18,26(11-5)12-6)27-16-14-13-15-17-27/h7-17H2,1-6H3,(H,21,22,23). The Labute approximate surface area is 166 Å². The second-order valence-corrected chi connectivity index (χ2v) is 7.16. The van der Waals surface area contributed by atoms with Crippen LogP contribution < -0.4 is 5.32 Å². The van der Waals surface area contributed by atoms with Crippen LogP contribution in [0.1, 0.15) is 60.8 Å². The number of hydrogen-bond acceptors (Lipinski definition) is 7. The lowest BCUT2D eigenvalue weighted by molar-refractivity contribution is -0.0553. The van der Waals surface area contributed by atoms with Gasteiger partial charge in [0, 0.05) is 52.4 Å². The van der Waals surface area contributed by atoms with Gasteiger partial charge in [-0.25, -0.2) is 9.80 Å². The fourth-order valence-corrected chi connectivity index (χ4v) is 4.14. The average molecular weight is 380 g/mol. The highest BCUT2D eigenvalue weighted by atomic mass is 15.6. The molecule has 0 spiro atoms. The number of likely N-dealkylation sites (tertiary alicyclic amines) is 1. The van der Waals surface area contributed by atoms with Crippen LogP contribution in [0.2, 0.25) is 0 Å². The maximum Gasteiger partial charge on any atom is 0.275 e. The molecule has 0 unspecified atom stereocenters. The molecule has 0 aromatic heterocycles. The van der Waals surface area contributed by atoms with Gasteiger partial charge in [0.2, 0.25) is 11.9 Å². The van der Waals surface area contributed by atoms with Crippen molar-refractivity contribution in [2.75, 3.05) is 52.4 Å². The van der Waals surface area contributed by atoms with E-state index in [2.05, 4.69) is 66.5 Å². The van der Waals surface area contributed by atoms with Crippen LogP contribution in [-0.4, -0.2) is 89.8 Å². The van der Waals surface area contributed by atoms with Crippen LogP contribution in [0.5, 0.6) is 0 Å². The molecule has 1 saturated heterocycles. The van der Waals surface area contributed by atoms with Crippen LogP contribution in [0.25, 0.3) is 0 Å². The van der Waals surface area contributed by atoms with Crippen molar-refractivity contribution in [1.29, 1.82) is 0 Å². The molecule has 2 heterocycles. The van der Waals surface area contributed by atoms with Crippen LogP contribution in [0.15, 0.2) is 9.98 Å². The Kier molecular flexibility index (Phi) is 8.35. The monoisotopic (exact) mass is 379 g/mol. The maximum absolute atomic E-state index is 5.29. The molecule has 2 aliphatic rings. The van der Waals surface area contributed by atoms with Crippen molar-refractivity contribution in [2.45, 2.75) is 66.7 Å². The second-order valence-electron chi connectivity index (χ2n) is 7.16. The van der Waals surface area contributed by atoms with Crippen LogP contribution in [0.3, 0.4) is 0 Å². The molecule has 0 saturated carbocycles. The molecule has 27 heavy (non-hydrogen) atoms. The lowest BCUT2D eigenvalue weighted by Gasteiger charge is -2.49. The summed E-state index contributed by atoms with van der Waals surface area (Å²) in [5, 5.41) is 3.55. The van der Waals surface area contributed by atoms with Crippen molar-refractivity contribution >= 4 is 11.9 Å². The van der Waals surface area contributed by atoms with Crippen molar-refractivity contribution in [1.82, 2.24) is 24.9 Å². The number of hydrogen-bond donors (Lipinski definition) is 1. The van der Waals surface area contributed by atoms with E-state index in [1.807, 2.05) is 0 Å². The van der Waals surface area contributed by atoms with Gasteiger partial charge in [0.15, 0.2) is 0 Å². The Morgan fingerprint density at radius 1 is 0.741 bits per heavy atom. The Morgan fingerprint density at radius 3 is 1.56 bits per heavy atom. The van der Waals surface area contributed by atoms with Gasteiger partial charge < -0.3 is 9.80 Å². The molecule has 2 rings (SSSR count). The van der Waals surface area contributed by atoms with Gasteiger partial charge in [-0.2, -0.15) is 9.98 Å². The van der Waals surface area contributed by atoms with E-state index in [-0.39, 0.29) is 0 Å². The molecule has 2 aliphatic heterocycles. The second kappa shape index (κ2) is 10.3. The minimum Gasteiger partial charge on any atom is -0.343 e. The van der Waals surface area contributed by atoms with E-state index in [0.29, 0.717) is 0 Å². The lowest BCUT2D eigenvalue weighted by atomic mass is 10.1. The van der Waals surface area contributed by atoms with E-state index in [4.69, 9.17) is 9.98 Å². The van der Waals surface area contributed by atoms with Gasteiger partial charge in [0.05, 0.1) is 0 Å². The Morgan fingerprint density at radius 2 is 1.19 bits per heavy atom. The third-order valence-corrected chi connectivity index (χ3v) is 5.83. The number of aliphatic imine (C=N–C) groups is 2. The molecular weight excluding hydrogens is 338 g/mol. The fraction of sp³-hybridized carbons (Fsp3) is 0.900. The minimum atomic E-state index is -0.634. The molecule has 0 aromatic rings. The first kappa shape index (κ1) is 22.0. The summed E-state index contributed by atoms with van der Waals surface area (Å²) in [6.07, 6.45) is 3.76. The first-order valence-electron chi connectivity index (χ1n) is 11.1.